The van der Waals surface area contributed by atoms with Crippen LogP contribution in [-0.2, 0) is 11.2 Å². The number of amides is 2. The molecule has 4 rings (SSSR count). The topological polar surface area (TPSA) is 95.9 Å². The summed E-state index contributed by atoms with van der Waals surface area (Å²) in [6.07, 6.45) is 4.90. The molecule has 2 saturated heterocycles. The maximum Gasteiger partial charge on any atom is 0.254 e. The van der Waals surface area contributed by atoms with E-state index < -0.39 is 6.10 Å². The second-order valence-corrected chi connectivity index (χ2v) is 7.42. The van der Waals surface area contributed by atoms with Gasteiger partial charge in [0.05, 0.1) is 25.0 Å². The van der Waals surface area contributed by atoms with Gasteiger partial charge in [0.25, 0.3) is 11.8 Å². The first-order chi connectivity index (χ1) is 14.1. The molecule has 1 N–H and O–H groups in total. The second-order valence-electron chi connectivity index (χ2n) is 7.42. The van der Waals surface area contributed by atoms with E-state index in [9.17, 15) is 14.7 Å². The quantitative estimate of drug-likeness (QED) is 0.814. The fourth-order valence-electron chi connectivity index (χ4n) is 3.81. The van der Waals surface area contributed by atoms with Crippen molar-refractivity contribution in [3.63, 3.8) is 0 Å². The molecular weight excluding hydrogens is 372 g/mol. The summed E-state index contributed by atoms with van der Waals surface area (Å²) in [5.41, 5.74) is 1.87. The monoisotopic (exact) mass is 396 g/mol. The van der Waals surface area contributed by atoms with Gasteiger partial charge in [-0.1, -0.05) is 0 Å². The summed E-state index contributed by atoms with van der Waals surface area (Å²) >= 11 is 0. The van der Waals surface area contributed by atoms with Crippen molar-refractivity contribution in [1.29, 1.82) is 0 Å². The van der Waals surface area contributed by atoms with Crippen LogP contribution in [0, 0.1) is 5.92 Å². The van der Waals surface area contributed by atoms with Crippen molar-refractivity contribution in [2.45, 2.75) is 12.5 Å². The van der Waals surface area contributed by atoms with Gasteiger partial charge in [-0.15, -0.1) is 0 Å². The number of hydrogen-bond donors (Lipinski definition) is 1. The summed E-state index contributed by atoms with van der Waals surface area (Å²) in [4.78, 5) is 37.1. The molecule has 29 heavy (non-hydrogen) atoms. The molecule has 1 aromatic heterocycles. The zero-order valence-corrected chi connectivity index (χ0v) is 16.1. The average molecular weight is 396 g/mol. The third-order valence-electron chi connectivity index (χ3n) is 5.46. The minimum atomic E-state index is -0.594. The van der Waals surface area contributed by atoms with Crippen molar-refractivity contribution in [3.05, 3.63) is 59.7 Å². The Bertz CT molecular complexity index is 853. The highest BCUT2D eigenvalue weighted by Crippen LogP contribution is 2.22. The standard InChI is InChI=1S/C21H24N4O4/c26-19-14-25(13-17(19)11-18-12-22-5-6-23-18)21(28)16-3-1-15(2-4-16)20(27)24-7-9-29-10-8-24/h1-6,12,17,19,26H,7-11,13-14H2. The van der Waals surface area contributed by atoms with E-state index in [1.807, 2.05) is 0 Å². The fraction of sp³-hybridized carbons (Fsp3) is 0.429. The predicted octanol–water partition coefficient (Wildman–Crippen LogP) is 0.625. The number of hydrogen-bond acceptors (Lipinski definition) is 6. The Morgan fingerprint density at radius 2 is 1.66 bits per heavy atom. The smallest absolute Gasteiger partial charge is 0.254 e. The molecule has 152 valence electrons. The van der Waals surface area contributed by atoms with Crippen molar-refractivity contribution in [2.75, 3.05) is 39.4 Å². The van der Waals surface area contributed by atoms with Crippen LogP contribution in [0.15, 0.2) is 42.9 Å². The van der Waals surface area contributed by atoms with Gasteiger partial charge in [-0.3, -0.25) is 19.6 Å². The number of ether oxygens (including phenoxy) is 1. The number of likely N-dealkylation sites (tertiary alicyclic amines) is 1. The van der Waals surface area contributed by atoms with Crippen LogP contribution in [0.5, 0.6) is 0 Å². The van der Waals surface area contributed by atoms with Gasteiger partial charge in [0.1, 0.15) is 0 Å². The van der Waals surface area contributed by atoms with E-state index in [1.165, 1.54) is 0 Å². The minimum absolute atomic E-state index is 0.0482. The van der Waals surface area contributed by atoms with E-state index in [1.54, 1.807) is 52.7 Å². The van der Waals surface area contributed by atoms with Gasteiger partial charge < -0.3 is 19.6 Å². The highest BCUT2D eigenvalue weighted by molar-refractivity contribution is 5.98. The molecule has 8 nitrogen and oxygen atoms in total. The third-order valence-corrected chi connectivity index (χ3v) is 5.46. The maximum absolute atomic E-state index is 12.8. The number of aliphatic hydroxyl groups is 1. The first kappa shape index (κ1) is 19.5. The predicted molar refractivity (Wildman–Crippen MR) is 104 cm³/mol. The van der Waals surface area contributed by atoms with Gasteiger partial charge in [-0.2, -0.15) is 0 Å². The zero-order chi connectivity index (χ0) is 20.2. The van der Waals surface area contributed by atoms with Gasteiger partial charge in [0, 0.05) is 61.8 Å². The summed E-state index contributed by atoms with van der Waals surface area (Å²) in [5, 5.41) is 10.4. The Morgan fingerprint density at radius 3 is 2.28 bits per heavy atom. The van der Waals surface area contributed by atoms with Gasteiger partial charge >= 0.3 is 0 Å². The van der Waals surface area contributed by atoms with E-state index in [4.69, 9.17) is 4.74 Å². The summed E-state index contributed by atoms with van der Waals surface area (Å²) in [6, 6.07) is 6.74. The number of carbonyl (C=O) groups is 2. The number of aliphatic hydroxyl groups excluding tert-OH is 1. The molecule has 1 aromatic carbocycles. The third kappa shape index (κ3) is 4.44. The lowest BCUT2D eigenvalue weighted by atomic mass is 10.0. The van der Waals surface area contributed by atoms with Crippen LogP contribution in [0.4, 0.5) is 0 Å². The Balaban J connectivity index is 1.38. The lowest BCUT2D eigenvalue weighted by Gasteiger charge is -2.27. The molecule has 0 bridgehead atoms. The molecule has 2 fully saturated rings. The highest BCUT2D eigenvalue weighted by atomic mass is 16.5. The van der Waals surface area contributed by atoms with Gasteiger partial charge in [-0.05, 0) is 30.7 Å². The Hall–Kier alpha value is -2.84. The number of benzene rings is 1. The Labute approximate surface area is 169 Å². The molecule has 0 radical (unpaired) electrons. The average Bonchev–Trinajstić information content (AvgIpc) is 3.14. The van der Waals surface area contributed by atoms with Crippen LogP contribution in [-0.4, -0.2) is 82.2 Å². The van der Waals surface area contributed by atoms with E-state index in [0.717, 1.165) is 5.69 Å². The van der Waals surface area contributed by atoms with Crippen molar-refractivity contribution in [1.82, 2.24) is 19.8 Å². The normalized spacial score (nSPS) is 22.0. The zero-order valence-electron chi connectivity index (χ0n) is 16.1. The molecule has 0 saturated carbocycles. The van der Waals surface area contributed by atoms with Gasteiger partial charge in [-0.25, -0.2) is 0 Å². The number of carbonyl (C=O) groups excluding carboxylic acids is 2. The molecule has 2 unspecified atom stereocenters. The molecule has 3 heterocycles. The molecule has 0 aliphatic carbocycles. The molecular formula is C21H24N4O4. The highest BCUT2D eigenvalue weighted by Gasteiger charge is 2.34. The number of aromatic nitrogens is 2. The molecule has 2 aliphatic rings. The van der Waals surface area contributed by atoms with Crippen LogP contribution in [0.25, 0.3) is 0 Å². The number of rotatable bonds is 4. The lowest BCUT2D eigenvalue weighted by molar-refractivity contribution is 0.0303. The van der Waals surface area contributed by atoms with Crippen LogP contribution in [0.2, 0.25) is 0 Å². The van der Waals surface area contributed by atoms with Crippen LogP contribution >= 0.6 is 0 Å². The molecule has 2 atom stereocenters. The van der Waals surface area contributed by atoms with E-state index in [2.05, 4.69) is 9.97 Å². The van der Waals surface area contributed by atoms with Gasteiger partial charge in [0.15, 0.2) is 0 Å². The largest absolute Gasteiger partial charge is 0.391 e. The summed E-state index contributed by atoms with van der Waals surface area (Å²) in [7, 11) is 0. The first-order valence-electron chi connectivity index (χ1n) is 9.81. The number of morpholine rings is 1. The van der Waals surface area contributed by atoms with Crippen molar-refractivity contribution >= 4 is 11.8 Å². The van der Waals surface area contributed by atoms with Crippen molar-refractivity contribution in [2.24, 2.45) is 5.92 Å². The van der Waals surface area contributed by atoms with E-state index in [-0.39, 0.29) is 24.3 Å². The molecule has 2 amide bonds. The second kappa shape index (κ2) is 8.67. The lowest BCUT2D eigenvalue weighted by Crippen LogP contribution is -2.40. The fourth-order valence-corrected chi connectivity index (χ4v) is 3.81. The van der Waals surface area contributed by atoms with E-state index >= 15 is 0 Å². The summed E-state index contributed by atoms with van der Waals surface area (Å²) in [5.74, 6) is -0.262. The van der Waals surface area contributed by atoms with Crippen LogP contribution < -0.4 is 0 Å². The van der Waals surface area contributed by atoms with Crippen molar-refractivity contribution in [3.8, 4) is 0 Å². The number of nitrogens with zero attached hydrogens (tertiary/aromatic N) is 4. The number of β-amino-alcohol motifs (C(OH)–C–C–N with tert-alkyl or cyclic N) is 1. The Kier molecular flexibility index (Phi) is 5.82. The van der Waals surface area contributed by atoms with Crippen molar-refractivity contribution < 1.29 is 19.4 Å². The van der Waals surface area contributed by atoms with Gasteiger partial charge in [0.2, 0.25) is 0 Å². The molecule has 2 aliphatic heterocycles. The van der Waals surface area contributed by atoms with Crippen LogP contribution in [0.1, 0.15) is 26.4 Å². The maximum atomic E-state index is 12.8. The first-order valence-corrected chi connectivity index (χ1v) is 9.81. The van der Waals surface area contributed by atoms with E-state index in [0.29, 0.717) is 50.4 Å². The molecule has 2 aromatic rings. The Morgan fingerprint density at radius 1 is 1.00 bits per heavy atom. The molecule has 0 spiro atoms. The summed E-state index contributed by atoms with van der Waals surface area (Å²) < 4.78 is 5.28. The van der Waals surface area contributed by atoms with Crippen LogP contribution in [0.3, 0.4) is 0 Å². The molecule has 8 heteroatoms. The summed E-state index contributed by atoms with van der Waals surface area (Å²) in [6.45, 7) is 3.02. The minimum Gasteiger partial charge on any atom is -0.391 e. The SMILES string of the molecule is O=C(c1ccc(C(=O)N2CC(O)C(Cc3cnccn3)C2)cc1)N1CCOCC1.